The van der Waals surface area contributed by atoms with Gasteiger partial charge in [0.15, 0.2) is 11.5 Å². The first-order valence-corrected chi connectivity index (χ1v) is 9.99. The third-order valence-electron chi connectivity index (χ3n) is 4.70. The van der Waals surface area contributed by atoms with Gasteiger partial charge in [0.2, 0.25) is 5.91 Å². The highest BCUT2D eigenvalue weighted by molar-refractivity contribution is 6.01. The normalized spacial score (nSPS) is 10.9. The van der Waals surface area contributed by atoms with Crippen molar-refractivity contribution in [2.45, 2.75) is 26.4 Å². The zero-order valence-electron chi connectivity index (χ0n) is 17.6. The van der Waals surface area contributed by atoms with Gasteiger partial charge in [0, 0.05) is 11.8 Å². The van der Waals surface area contributed by atoms with Gasteiger partial charge in [0.05, 0.1) is 7.11 Å². The molecule has 0 aromatic heterocycles. The number of hydrogen-bond acceptors (Lipinski definition) is 3. The highest BCUT2D eigenvalue weighted by atomic mass is 16.5. The first-order valence-electron chi connectivity index (χ1n) is 9.99. The lowest BCUT2D eigenvalue weighted by atomic mass is 10.0. The SMILES string of the molecule is COc1cc(C=CC(=O)Nc2ccc(C(C)C)cc2)ccc1OCc1ccccc1. The molecule has 0 saturated heterocycles. The molecule has 0 atom stereocenters. The van der Waals surface area contributed by atoms with Crippen molar-refractivity contribution in [2.75, 3.05) is 12.4 Å². The number of hydrogen-bond donors (Lipinski definition) is 1. The topological polar surface area (TPSA) is 47.6 Å². The molecule has 3 rings (SSSR count). The molecule has 0 aliphatic carbocycles. The summed E-state index contributed by atoms with van der Waals surface area (Å²) < 4.78 is 11.3. The Labute approximate surface area is 178 Å². The van der Waals surface area contributed by atoms with Crippen molar-refractivity contribution in [3.8, 4) is 11.5 Å². The third kappa shape index (κ3) is 5.98. The van der Waals surface area contributed by atoms with Gasteiger partial charge in [-0.15, -0.1) is 0 Å². The Kier molecular flexibility index (Phi) is 7.28. The molecule has 4 heteroatoms. The van der Waals surface area contributed by atoms with Crippen molar-refractivity contribution in [1.82, 2.24) is 0 Å². The summed E-state index contributed by atoms with van der Waals surface area (Å²) in [5.74, 6) is 1.56. The lowest BCUT2D eigenvalue weighted by Crippen LogP contribution is -2.07. The van der Waals surface area contributed by atoms with Crippen LogP contribution in [0.25, 0.3) is 6.08 Å². The molecule has 154 valence electrons. The van der Waals surface area contributed by atoms with E-state index in [1.165, 1.54) is 11.6 Å². The van der Waals surface area contributed by atoms with Crippen LogP contribution in [-0.4, -0.2) is 13.0 Å². The standard InChI is InChI=1S/C26H27NO3/c1-19(2)22-11-13-23(14-12-22)27-26(28)16-10-20-9-15-24(25(17-20)29-3)30-18-21-7-5-4-6-8-21/h4-17,19H,18H2,1-3H3,(H,27,28). The number of nitrogens with one attached hydrogen (secondary N) is 1. The summed E-state index contributed by atoms with van der Waals surface area (Å²) in [7, 11) is 1.60. The number of benzene rings is 3. The molecule has 3 aromatic rings. The number of rotatable bonds is 8. The molecule has 0 heterocycles. The molecule has 0 spiro atoms. The molecule has 0 aliphatic heterocycles. The van der Waals surface area contributed by atoms with E-state index in [2.05, 4.69) is 19.2 Å². The van der Waals surface area contributed by atoms with Crippen molar-refractivity contribution in [3.63, 3.8) is 0 Å². The molecule has 0 bridgehead atoms. The zero-order chi connectivity index (χ0) is 21.3. The average Bonchev–Trinajstić information content (AvgIpc) is 2.77. The Morgan fingerprint density at radius 3 is 2.37 bits per heavy atom. The van der Waals surface area contributed by atoms with Crippen LogP contribution in [0.4, 0.5) is 5.69 Å². The lowest BCUT2D eigenvalue weighted by molar-refractivity contribution is -0.111. The third-order valence-corrected chi connectivity index (χ3v) is 4.70. The molecule has 30 heavy (non-hydrogen) atoms. The second-order valence-corrected chi connectivity index (χ2v) is 7.28. The van der Waals surface area contributed by atoms with Crippen molar-refractivity contribution < 1.29 is 14.3 Å². The summed E-state index contributed by atoms with van der Waals surface area (Å²) in [5, 5.41) is 2.88. The number of methoxy groups -OCH3 is 1. The highest BCUT2D eigenvalue weighted by Crippen LogP contribution is 2.29. The van der Waals surface area contributed by atoms with Crippen LogP contribution in [0.1, 0.15) is 36.5 Å². The van der Waals surface area contributed by atoms with Crippen molar-refractivity contribution >= 4 is 17.7 Å². The van der Waals surface area contributed by atoms with E-state index in [0.29, 0.717) is 24.0 Å². The number of carbonyl (C=O) groups is 1. The first kappa shape index (κ1) is 21.2. The molecule has 4 nitrogen and oxygen atoms in total. The molecule has 1 N–H and O–H groups in total. The summed E-state index contributed by atoms with van der Waals surface area (Å²) in [6.45, 7) is 4.75. The maximum Gasteiger partial charge on any atom is 0.248 e. The van der Waals surface area contributed by atoms with E-state index >= 15 is 0 Å². The minimum absolute atomic E-state index is 0.185. The number of anilines is 1. The second-order valence-electron chi connectivity index (χ2n) is 7.28. The van der Waals surface area contributed by atoms with E-state index in [4.69, 9.17) is 9.47 Å². The van der Waals surface area contributed by atoms with Crippen LogP contribution in [-0.2, 0) is 11.4 Å². The van der Waals surface area contributed by atoms with Crippen molar-refractivity contribution in [3.05, 3.63) is 95.6 Å². The van der Waals surface area contributed by atoms with Gasteiger partial charge in [-0.05, 0) is 52.9 Å². The summed E-state index contributed by atoms with van der Waals surface area (Å²) in [6, 6.07) is 23.5. The average molecular weight is 402 g/mol. The maximum absolute atomic E-state index is 12.2. The van der Waals surface area contributed by atoms with Crippen LogP contribution in [0.2, 0.25) is 0 Å². The first-order chi connectivity index (χ1) is 14.5. The van der Waals surface area contributed by atoms with E-state index in [1.807, 2.05) is 72.8 Å². The Morgan fingerprint density at radius 1 is 0.967 bits per heavy atom. The zero-order valence-corrected chi connectivity index (χ0v) is 17.6. The minimum atomic E-state index is -0.185. The Bertz CT molecular complexity index is 993. The van der Waals surface area contributed by atoms with Gasteiger partial charge in [0.25, 0.3) is 0 Å². The molecule has 0 saturated carbocycles. The number of carbonyl (C=O) groups excluding carboxylic acids is 1. The predicted octanol–water partition coefficient (Wildman–Crippen LogP) is 6.05. The van der Waals surface area contributed by atoms with Gasteiger partial charge in [-0.3, -0.25) is 4.79 Å². The fraction of sp³-hybridized carbons (Fsp3) is 0.192. The maximum atomic E-state index is 12.2. The van der Waals surface area contributed by atoms with Gasteiger partial charge in [-0.25, -0.2) is 0 Å². The highest BCUT2D eigenvalue weighted by Gasteiger charge is 2.06. The Hall–Kier alpha value is -3.53. The smallest absolute Gasteiger partial charge is 0.248 e. The minimum Gasteiger partial charge on any atom is -0.493 e. The van der Waals surface area contributed by atoms with Gasteiger partial charge in [0.1, 0.15) is 6.61 Å². The Balaban J connectivity index is 1.61. The van der Waals surface area contributed by atoms with E-state index in [-0.39, 0.29) is 5.91 Å². The fourth-order valence-electron chi connectivity index (χ4n) is 2.95. The summed E-state index contributed by atoms with van der Waals surface area (Å²) in [5.41, 5.74) is 3.95. The van der Waals surface area contributed by atoms with E-state index in [9.17, 15) is 4.79 Å². The van der Waals surface area contributed by atoms with E-state index < -0.39 is 0 Å². The van der Waals surface area contributed by atoms with Gasteiger partial charge >= 0.3 is 0 Å². The molecule has 0 aliphatic rings. The Morgan fingerprint density at radius 2 is 1.70 bits per heavy atom. The predicted molar refractivity (Wildman–Crippen MR) is 122 cm³/mol. The summed E-state index contributed by atoms with van der Waals surface area (Å²) >= 11 is 0. The van der Waals surface area contributed by atoms with Gasteiger partial charge < -0.3 is 14.8 Å². The van der Waals surface area contributed by atoms with E-state index in [0.717, 1.165) is 16.8 Å². The lowest BCUT2D eigenvalue weighted by Gasteiger charge is -2.11. The van der Waals surface area contributed by atoms with E-state index in [1.54, 1.807) is 13.2 Å². The fourth-order valence-corrected chi connectivity index (χ4v) is 2.95. The van der Waals surface area contributed by atoms with Crippen LogP contribution < -0.4 is 14.8 Å². The van der Waals surface area contributed by atoms with Crippen LogP contribution >= 0.6 is 0 Å². The summed E-state index contributed by atoms with van der Waals surface area (Å²) in [6.07, 6.45) is 3.26. The van der Waals surface area contributed by atoms with Gasteiger partial charge in [-0.1, -0.05) is 62.4 Å². The molecule has 0 radical (unpaired) electrons. The second kappa shape index (κ2) is 10.3. The molecule has 1 amide bonds. The largest absolute Gasteiger partial charge is 0.493 e. The molecule has 0 unspecified atom stereocenters. The van der Waals surface area contributed by atoms with Crippen LogP contribution in [0.5, 0.6) is 11.5 Å². The quantitative estimate of drug-likeness (QED) is 0.468. The van der Waals surface area contributed by atoms with Crippen molar-refractivity contribution in [2.24, 2.45) is 0 Å². The summed E-state index contributed by atoms with van der Waals surface area (Å²) in [4.78, 5) is 12.2. The molecule has 0 fully saturated rings. The van der Waals surface area contributed by atoms with Crippen LogP contribution in [0.15, 0.2) is 78.9 Å². The number of ether oxygens (including phenoxy) is 2. The van der Waals surface area contributed by atoms with Crippen LogP contribution in [0, 0.1) is 0 Å². The number of amides is 1. The molecular weight excluding hydrogens is 374 g/mol. The monoisotopic (exact) mass is 401 g/mol. The van der Waals surface area contributed by atoms with Gasteiger partial charge in [-0.2, -0.15) is 0 Å². The van der Waals surface area contributed by atoms with Crippen molar-refractivity contribution in [1.29, 1.82) is 0 Å². The molecule has 3 aromatic carbocycles. The molecular formula is C26H27NO3. The van der Waals surface area contributed by atoms with Crippen LogP contribution in [0.3, 0.4) is 0 Å².